The predicted molar refractivity (Wildman–Crippen MR) is 103 cm³/mol. The molecule has 0 radical (unpaired) electrons. The van der Waals surface area contributed by atoms with Gasteiger partial charge in [-0.15, -0.1) is 11.3 Å². The summed E-state index contributed by atoms with van der Waals surface area (Å²) >= 11 is 1.17. The van der Waals surface area contributed by atoms with E-state index < -0.39 is 10.0 Å². The number of rotatable bonds is 6. The molecule has 3 aromatic rings. The van der Waals surface area contributed by atoms with Crippen molar-refractivity contribution in [1.29, 1.82) is 0 Å². The summed E-state index contributed by atoms with van der Waals surface area (Å²) in [7, 11) is -3.63. The van der Waals surface area contributed by atoms with Gasteiger partial charge in [0.1, 0.15) is 4.21 Å². The number of H-pyrrole nitrogens is 1. The molecule has 3 aromatic heterocycles. The molecule has 0 saturated heterocycles. The van der Waals surface area contributed by atoms with Crippen molar-refractivity contribution < 1.29 is 8.42 Å². The molecule has 8 heteroatoms. The van der Waals surface area contributed by atoms with Crippen molar-refractivity contribution in [3.8, 4) is 10.4 Å². The molecule has 0 bridgehead atoms. The van der Waals surface area contributed by atoms with Gasteiger partial charge in [-0.3, -0.25) is 9.78 Å². The van der Waals surface area contributed by atoms with Crippen molar-refractivity contribution in [3.63, 3.8) is 0 Å². The molecule has 0 fully saturated rings. The number of pyridine rings is 2. The topological polar surface area (TPSA) is 91.9 Å². The van der Waals surface area contributed by atoms with Gasteiger partial charge in [-0.1, -0.05) is 13.0 Å². The van der Waals surface area contributed by atoms with Gasteiger partial charge in [-0.2, -0.15) is 0 Å². The minimum absolute atomic E-state index is 0.102. The Hall–Kier alpha value is -2.29. The van der Waals surface area contributed by atoms with Gasteiger partial charge >= 0.3 is 0 Å². The number of nitrogens with zero attached hydrogens (tertiary/aromatic N) is 1. The SMILES string of the molecule is CCc1cc(-c2ccc(S(=O)(=O)NCc3ccccn3)s2)c(C)[nH]c1=O. The molecule has 6 nitrogen and oxygen atoms in total. The minimum atomic E-state index is -3.63. The molecular weight excluding hydrogens is 370 g/mol. The van der Waals surface area contributed by atoms with Crippen molar-refractivity contribution in [2.75, 3.05) is 0 Å². The summed E-state index contributed by atoms with van der Waals surface area (Å²) in [6, 6.07) is 10.5. The molecule has 2 N–H and O–H groups in total. The summed E-state index contributed by atoms with van der Waals surface area (Å²) in [5.74, 6) is 0. The smallest absolute Gasteiger partial charge is 0.251 e. The molecule has 0 aliphatic heterocycles. The highest BCUT2D eigenvalue weighted by atomic mass is 32.2. The van der Waals surface area contributed by atoms with Crippen molar-refractivity contribution in [3.05, 3.63) is 69.9 Å². The maximum absolute atomic E-state index is 12.5. The highest BCUT2D eigenvalue weighted by Crippen LogP contribution is 2.32. The third-order valence-corrected chi connectivity index (χ3v) is 6.99. The largest absolute Gasteiger partial charge is 0.326 e. The van der Waals surface area contributed by atoms with Gasteiger partial charge in [0.2, 0.25) is 10.0 Å². The third kappa shape index (κ3) is 3.92. The Balaban J connectivity index is 1.86. The van der Waals surface area contributed by atoms with Gasteiger partial charge in [0.05, 0.1) is 12.2 Å². The third-order valence-electron chi connectivity index (χ3n) is 3.98. The predicted octanol–water partition coefficient (Wildman–Crippen LogP) is 2.85. The zero-order valence-corrected chi connectivity index (χ0v) is 16.1. The molecule has 0 atom stereocenters. The zero-order valence-electron chi connectivity index (χ0n) is 14.4. The van der Waals surface area contributed by atoms with E-state index >= 15 is 0 Å². The van der Waals surface area contributed by atoms with E-state index in [0.29, 0.717) is 17.7 Å². The van der Waals surface area contributed by atoms with E-state index in [0.717, 1.165) is 16.1 Å². The summed E-state index contributed by atoms with van der Waals surface area (Å²) in [5.41, 5.74) is 2.79. The van der Waals surface area contributed by atoms with Crippen LogP contribution in [0.5, 0.6) is 0 Å². The average molecular weight is 390 g/mol. The van der Waals surface area contributed by atoms with E-state index in [9.17, 15) is 13.2 Å². The van der Waals surface area contributed by atoms with Crippen LogP contribution in [0.1, 0.15) is 23.9 Å². The summed E-state index contributed by atoms with van der Waals surface area (Å²) in [6.45, 7) is 3.85. The normalized spacial score (nSPS) is 11.6. The lowest BCUT2D eigenvalue weighted by atomic mass is 10.1. The Morgan fingerprint density at radius 2 is 2.04 bits per heavy atom. The maximum atomic E-state index is 12.5. The van der Waals surface area contributed by atoms with E-state index in [2.05, 4.69) is 14.7 Å². The summed E-state index contributed by atoms with van der Waals surface area (Å²) in [6.07, 6.45) is 2.24. The van der Waals surface area contributed by atoms with Gasteiger partial charge in [0, 0.05) is 27.9 Å². The van der Waals surface area contributed by atoms with Crippen molar-refractivity contribution in [2.45, 2.75) is 31.0 Å². The Kier molecular flexibility index (Phi) is 5.36. The fourth-order valence-corrected chi connectivity index (χ4v) is 4.96. The molecule has 26 heavy (non-hydrogen) atoms. The van der Waals surface area contributed by atoms with Crippen molar-refractivity contribution >= 4 is 21.4 Å². The molecule has 136 valence electrons. The number of aryl methyl sites for hydroxylation is 2. The second-order valence-corrected chi connectivity index (χ2v) is 8.86. The number of hydrogen-bond donors (Lipinski definition) is 2. The summed E-state index contributed by atoms with van der Waals surface area (Å²) < 4.78 is 27.8. The van der Waals surface area contributed by atoms with Crippen LogP contribution in [-0.4, -0.2) is 18.4 Å². The molecule has 3 heterocycles. The second-order valence-electron chi connectivity index (χ2n) is 5.78. The van der Waals surface area contributed by atoms with Gasteiger partial charge in [-0.25, -0.2) is 13.1 Å². The molecule has 0 spiro atoms. The van der Waals surface area contributed by atoms with Crippen LogP contribution in [0.2, 0.25) is 0 Å². The molecule has 0 aliphatic carbocycles. The monoisotopic (exact) mass is 389 g/mol. The first-order chi connectivity index (χ1) is 12.4. The van der Waals surface area contributed by atoms with E-state index in [1.165, 1.54) is 11.3 Å². The van der Waals surface area contributed by atoms with Gasteiger partial charge in [0.25, 0.3) is 5.56 Å². The fourth-order valence-electron chi connectivity index (χ4n) is 2.54. The van der Waals surface area contributed by atoms with E-state index in [-0.39, 0.29) is 16.3 Å². The number of aromatic amines is 1. The standard InChI is InChI=1S/C18H19N3O3S2/c1-3-13-10-15(12(2)21-18(13)22)16-7-8-17(25-16)26(23,24)20-11-14-6-4-5-9-19-14/h4-10,20H,3,11H2,1-2H3,(H,21,22). The number of nitrogens with one attached hydrogen (secondary N) is 2. The van der Waals surface area contributed by atoms with Crippen LogP contribution >= 0.6 is 11.3 Å². The molecular formula is C18H19N3O3S2. The first-order valence-electron chi connectivity index (χ1n) is 8.13. The van der Waals surface area contributed by atoms with Gasteiger partial charge < -0.3 is 4.98 Å². The Morgan fingerprint density at radius 1 is 1.23 bits per heavy atom. The van der Waals surface area contributed by atoms with Gasteiger partial charge in [-0.05, 0) is 43.7 Å². The lowest BCUT2D eigenvalue weighted by molar-refractivity contribution is 0.582. The van der Waals surface area contributed by atoms with Crippen LogP contribution in [0.4, 0.5) is 0 Å². The van der Waals surface area contributed by atoms with Crippen LogP contribution in [0.15, 0.2) is 51.6 Å². The number of aromatic nitrogens is 2. The first kappa shape index (κ1) is 18.5. The highest BCUT2D eigenvalue weighted by molar-refractivity contribution is 7.91. The Bertz CT molecular complexity index is 1070. The molecule has 0 unspecified atom stereocenters. The van der Waals surface area contributed by atoms with Crippen LogP contribution in [0.3, 0.4) is 0 Å². The van der Waals surface area contributed by atoms with Crippen LogP contribution in [0, 0.1) is 6.92 Å². The second kappa shape index (κ2) is 7.53. The first-order valence-corrected chi connectivity index (χ1v) is 10.4. The fraction of sp³-hybridized carbons (Fsp3) is 0.222. The quantitative estimate of drug-likeness (QED) is 0.678. The Morgan fingerprint density at radius 3 is 2.73 bits per heavy atom. The highest BCUT2D eigenvalue weighted by Gasteiger charge is 2.18. The molecule has 0 amide bonds. The van der Waals surface area contributed by atoms with Crippen LogP contribution < -0.4 is 10.3 Å². The van der Waals surface area contributed by atoms with E-state index in [4.69, 9.17) is 0 Å². The lowest BCUT2D eigenvalue weighted by Gasteiger charge is -2.06. The summed E-state index contributed by atoms with van der Waals surface area (Å²) in [5, 5.41) is 0. The van der Waals surface area contributed by atoms with Crippen molar-refractivity contribution in [2.24, 2.45) is 0 Å². The van der Waals surface area contributed by atoms with Crippen LogP contribution in [-0.2, 0) is 23.0 Å². The lowest BCUT2D eigenvalue weighted by Crippen LogP contribution is -2.22. The molecule has 3 rings (SSSR count). The molecule has 0 aliphatic rings. The summed E-state index contributed by atoms with van der Waals surface area (Å²) in [4.78, 5) is 19.6. The molecule has 0 aromatic carbocycles. The number of thiophene rings is 1. The van der Waals surface area contributed by atoms with E-state index in [1.54, 1.807) is 30.5 Å². The molecule has 0 saturated carbocycles. The average Bonchev–Trinajstić information content (AvgIpc) is 3.12. The van der Waals surface area contributed by atoms with E-state index in [1.807, 2.05) is 26.0 Å². The zero-order chi connectivity index (χ0) is 18.7. The number of hydrogen-bond acceptors (Lipinski definition) is 5. The number of sulfonamides is 1. The van der Waals surface area contributed by atoms with Gasteiger partial charge in [0.15, 0.2) is 0 Å². The minimum Gasteiger partial charge on any atom is -0.326 e. The maximum Gasteiger partial charge on any atom is 0.251 e. The van der Waals surface area contributed by atoms with Crippen molar-refractivity contribution in [1.82, 2.24) is 14.7 Å². The van der Waals surface area contributed by atoms with Crippen LogP contribution in [0.25, 0.3) is 10.4 Å². The Labute approximate surface area is 156 Å².